The van der Waals surface area contributed by atoms with Crippen LogP contribution < -0.4 is 5.32 Å². The van der Waals surface area contributed by atoms with Gasteiger partial charge in [-0.05, 0) is 30.0 Å². The molecule has 0 aromatic heterocycles. The number of methoxy groups -OCH3 is 1. The van der Waals surface area contributed by atoms with Crippen molar-refractivity contribution in [1.29, 1.82) is 0 Å². The zero-order valence-electron chi connectivity index (χ0n) is 13.0. The number of carboxylic acids is 1. The Kier molecular flexibility index (Phi) is 6.56. The van der Waals surface area contributed by atoms with Crippen molar-refractivity contribution < 1.29 is 24.2 Å². The maximum atomic E-state index is 12.2. The lowest BCUT2D eigenvalue weighted by atomic mass is 10.0. The fourth-order valence-electron chi connectivity index (χ4n) is 2.06. The molecule has 0 heterocycles. The normalized spacial score (nSPS) is 11.8. The number of carbonyl (C=O) groups excluding carboxylic acids is 2. The summed E-state index contributed by atoms with van der Waals surface area (Å²) in [7, 11) is 1.15. The highest BCUT2D eigenvalue weighted by atomic mass is 16.5. The molecule has 1 amide bonds. The van der Waals surface area contributed by atoms with E-state index in [0.29, 0.717) is 11.5 Å². The van der Waals surface area contributed by atoms with Crippen LogP contribution in [0.15, 0.2) is 24.3 Å². The van der Waals surface area contributed by atoms with Gasteiger partial charge in [-0.1, -0.05) is 26.0 Å². The zero-order valence-corrected chi connectivity index (χ0v) is 13.0. The average molecular weight is 307 g/mol. The Morgan fingerprint density at radius 2 is 1.95 bits per heavy atom. The second-order valence-electron chi connectivity index (χ2n) is 5.45. The Labute approximate surface area is 129 Å². The summed E-state index contributed by atoms with van der Waals surface area (Å²) in [6.45, 7) is 4.15. The van der Waals surface area contributed by atoms with Gasteiger partial charge in [0.05, 0.1) is 13.5 Å². The highest BCUT2D eigenvalue weighted by Gasteiger charge is 2.25. The number of amides is 1. The highest BCUT2D eigenvalue weighted by molar-refractivity contribution is 5.97. The maximum Gasteiger partial charge on any atom is 0.328 e. The minimum atomic E-state index is -1.20. The van der Waals surface area contributed by atoms with Crippen molar-refractivity contribution in [2.75, 3.05) is 7.11 Å². The molecule has 0 radical (unpaired) electrons. The predicted molar refractivity (Wildman–Crippen MR) is 80.5 cm³/mol. The molecule has 0 bridgehead atoms. The summed E-state index contributed by atoms with van der Waals surface area (Å²) in [6.07, 6.45) is 0.306. The smallest absolute Gasteiger partial charge is 0.328 e. The van der Waals surface area contributed by atoms with Crippen LogP contribution in [0.25, 0.3) is 0 Å². The third kappa shape index (κ3) is 5.55. The summed E-state index contributed by atoms with van der Waals surface area (Å²) >= 11 is 0. The summed E-state index contributed by atoms with van der Waals surface area (Å²) in [4.78, 5) is 34.5. The van der Waals surface area contributed by atoms with Gasteiger partial charge in [0.2, 0.25) is 0 Å². The lowest BCUT2D eigenvalue weighted by Gasteiger charge is -2.15. The number of carboxylic acid groups (broad SMARTS) is 1. The van der Waals surface area contributed by atoms with Crippen LogP contribution >= 0.6 is 0 Å². The first kappa shape index (κ1) is 17.7. The molecular formula is C16H21NO5. The first-order chi connectivity index (χ1) is 10.3. The molecule has 0 spiro atoms. The molecule has 0 unspecified atom stereocenters. The monoisotopic (exact) mass is 307 g/mol. The molecular weight excluding hydrogens is 286 g/mol. The zero-order chi connectivity index (χ0) is 16.7. The molecule has 0 aliphatic rings. The molecule has 1 rings (SSSR count). The first-order valence-corrected chi connectivity index (χ1v) is 7.03. The van der Waals surface area contributed by atoms with Crippen molar-refractivity contribution in [2.24, 2.45) is 5.92 Å². The summed E-state index contributed by atoms with van der Waals surface area (Å²) in [5.74, 6) is -2.02. The second kappa shape index (κ2) is 8.17. The minimum Gasteiger partial charge on any atom is -0.481 e. The molecule has 1 aromatic rings. The molecule has 6 heteroatoms. The maximum absolute atomic E-state index is 12.2. The molecule has 6 nitrogen and oxygen atoms in total. The third-order valence-corrected chi connectivity index (χ3v) is 3.00. The lowest BCUT2D eigenvalue weighted by molar-refractivity contribution is -0.147. The average Bonchev–Trinajstić information content (AvgIpc) is 2.44. The van der Waals surface area contributed by atoms with Gasteiger partial charge in [-0.3, -0.25) is 9.59 Å². The summed E-state index contributed by atoms with van der Waals surface area (Å²) in [5.41, 5.74) is 1.40. The molecule has 0 aliphatic carbocycles. The van der Waals surface area contributed by atoms with Crippen molar-refractivity contribution >= 4 is 17.8 Å². The lowest BCUT2D eigenvalue weighted by Crippen LogP contribution is -2.43. The van der Waals surface area contributed by atoms with Crippen LogP contribution in [-0.2, 0) is 20.7 Å². The molecule has 1 atom stereocenters. The molecule has 2 N–H and O–H groups in total. The van der Waals surface area contributed by atoms with Gasteiger partial charge >= 0.3 is 11.9 Å². The second-order valence-corrected chi connectivity index (χ2v) is 5.45. The van der Waals surface area contributed by atoms with Gasteiger partial charge < -0.3 is 15.2 Å². The Hall–Kier alpha value is -2.37. The van der Waals surface area contributed by atoms with E-state index in [2.05, 4.69) is 23.9 Å². The van der Waals surface area contributed by atoms with Gasteiger partial charge in [0.15, 0.2) is 0 Å². The van der Waals surface area contributed by atoms with Crippen molar-refractivity contribution in [1.82, 2.24) is 5.32 Å². The summed E-state index contributed by atoms with van der Waals surface area (Å²) < 4.78 is 4.51. The molecule has 120 valence electrons. The number of rotatable bonds is 7. The molecule has 0 saturated heterocycles. The fraction of sp³-hybridized carbons (Fsp3) is 0.438. The number of benzene rings is 1. The number of hydrogen-bond acceptors (Lipinski definition) is 4. The largest absolute Gasteiger partial charge is 0.481 e. The van der Waals surface area contributed by atoms with Gasteiger partial charge in [-0.25, -0.2) is 4.79 Å². The van der Waals surface area contributed by atoms with Gasteiger partial charge in [-0.2, -0.15) is 0 Å². The molecule has 0 saturated carbocycles. The van der Waals surface area contributed by atoms with Crippen molar-refractivity contribution in [3.8, 4) is 0 Å². The van der Waals surface area contributed by atoms with E-state index in [1.54, 1.807) is 18.2 Å². The molecule has 0 fully saturated rings. The Morgan fingerprint density at radius 1 is 1.27 bits per heavy atom. The summed E-state index contributed by atoms with van der Waals surface area (Å²) in [6, 6.07) is 5.84. The molecule has 22 heavy (non-hydrogen) atoms. The number of ether oxygens (including phenoxy) is 1. The van der Waals surface area contributed by atoms with E-state index in [1.807, 2.05) is 6.07 Å². The van der Waals surface area contributed by atoms with Crippen molar-refractivity contribution in [3.05, 3.63) is 35.4 Å². The van der Waals surface area contributed by atoms with E-state index in [-0.39, 0.29) is 0 Å². The Balaban J connectivity index is 2.85. The van der Waals surface area contributed by atoms with Crippen LogP contribution in [0.4, 0.5) is 0 Å². The van der Waals surface area contributed by atoms with Crippen LogP contribution in [0.2, 0.25) is 0 Å². The van der Waals surface area contributed by atoms with Crippen molar-refractivity contribution in [2.45, 2.75) is 32.7 Å². The topological polar surface area (TPSA) is 92.7 Å². The van der Waals surface area contributed by atoms with Crippen LogP contribution in [0.1, 0.15) is 36.2 Å². The van der Waals surface area contributed by atoms with E-state index in [9.17, 15) is 14.4 Å². The minimum absolute atomic E-state index is 0.387. The van der Waals surface area contributed by atoms with E-state index < -0.39 is 30.3 Å². The first-order valence-electron chi connectivity index (χ1n) is 7.03. The van der Waals surface area contributed by atoms with E-state index >= 15 is 0 Å². The number of aliphatic carboxylic acids is 1. The molecule has 1 aromatic carbocycles. The fourth-order valence-corrected chi connectivity index (χ4v) is 2.06. The SMILES string of the molecule is COC(=O)[C@H](CC(=O)O)NC(=O)c1cccc(CC(C)C)c1. The van der Waals surface area contributed by atoms with Crippen LogP contribution in [0.5, 0.6) is 0 Å². The summed E-state index contributed by atoms with van der Waals surface area (Å²) in [5, 5.41) is 11.2. The van der Waals surface area contributed by atoms with Gasteiger partial charge in [0, 0.05) is 5.56 Å². The van der Waals surface area contributed by atoms with Crippen molar-refractivity contribution in [3.63, 3.8) is 0 Å². The number of nitrogens with one attached hydrogen (secondary N) is 1. The van der Waals surface area contributed by atoms with Gasteiger partial charge in [-0.15, -0.1) is 0 Å². The Morgan fingerprint density at radius 3 is 2.50 bits per heavy atom. The van der Waals surface area contributed by atoms with Gasteiger partial charge in [0.25, 0.3) is 5.91 Å². The van der Waals surface area contributed by atoms with Crippen LogP contribution in [0.3, 0.4) is 0 Å². The van der Waals surface area contributed by atoms with Crippen LogP contribution in [0, 0.1) is 5.92 Å². The van der Waals surface area contributed by atoms with E-state index in [0.717, 1.165) is 19.1 Å². The third-order valence-electron chi connectivity index (χ3n) is 3.00. The number of carbonyl (C=O) groups is 3. The van der Waals surface area contributed by atoms with E-state index in [1.165, 1.54) is 0 Å². The Bertz CT molecular complexity index is 553. The highest BCUT2D eigenvalue weighted by Crippen LogP contribution is 2.11. The van der Waals surface area contributed by atoms with E-state index in [4.69, 9.17) is 5.11 Å². The van der Waals surface area contributed by atoms with Crippen LogP contribution in [-0.4, -0.2) is 36.1 Å². The standard InChI is InChI=1S/C16H21NO5/c1-10(2)7-11-5-4-6-12(8-11)15(20)17-13(9-14(18)19)16(21)22-3/h4-6,8,10,13H,7,9H2,1-3H3,(H,17,20)(H,18,19)/t13-/m0/s1. The predicted octanol–water partition coefficient (Wildman–Crippen LogP) is 1.63. The molecule has 0 aliphatic heterocycles. The quantitative estimate of drug-likeness (QED) is 0.747. The van der Waals surface area contributed by atoms with Gasteiger partial charge in [0.1, 0.15) is 6.04 Å². The number of esters is 1. The number of hydrogen-bond donors (Lipinski definition) is 2.